The van der Waals surface area contributed by atoms with Crippen LogP contribution in [0.15, 0.2) is 22.7 Å². The Bertz CT molecular complexity index is 547. The molecule has 1 aromatic rings. The highest BCUT2D eigenvalue weighted by molar-refractivity contribution is 9.10. The van der Waals surface area contributed by atoms with E-state index in [1.807, 2.05) is 0 Å². The van der Waals surface area contributed by atoms with Crippen LogP contribution in [0.25, 0.3) is 0 Å². The Morgan fingerprint density at radius 1 is 1.57 bits per heavy atom. The number of hydrogen-bond donors (Lipinski definition) is 2. The van der Waals surface area contributed by atoms with Crippen molar-refractivity contribution in [2.45, 2.75) is 31.3 Å². The number of carboxylic acids is 1. The minimum absolute atomic E-state index is 0.0964. The Kier molecular flexibility index (Phi) is 5.13. The zero-order valence-electron chi connectivity index (χ0n) is 11.1. The number of ether oxygens (including phenoxy) is 1. The molecule has 2 rings (SSSR count). The van der Waals surface area contributed by atoms with Crippen molar-refractivity contribution in [2.75, 3.05) is 6.61 Å². The molecule has 1 aliphatic rings. The quantitative estimate of drug-likeness (QED) is 0.546. The maximum Gasteiger partial charge on any atom is 0.320 e. The number of nitro groups is 1. The molecule has 0 aliphatic heterocycles. The van der Waals surface area contributed by atoms with Gasteiger partial charge in [-0.1, -0.05) is 15.9 Å². The second kappa shape index (κ2) is 6.86. The normalized spacial score (nSPS) is 15.5. The van der Waals surface area contributed by atoms with E-state index in [9.17, 15) is 14.9 Å². The van der Waals surface area contributed by atoms with E-state index < -0.39 is 16.9 Å². The molecule has 0 bridgehead atoms. The third-order valence-corrected chi connectivity index (χ3v) is 3.59. The number of hydrogen-bond acceptors (Lipinski definition) is 5. The summed E-state index contributed by atoms with van der Waals surface area (Å²) in [7, 11) is 0. The first-order valence-corrected chi connectivity index (χ1v) is 7.32. The van der Waals surface area contributed by atoms with E-state index in [4.69, 9.17) is 9.84 Å². The molecule has 114 valence electrons. The van der Waals surface area contributed by atoms with E-state index in [-0.39, 0.29) is 30.5 Å². The Balaban J connectivity index is 1.92. The van der Waals surface area contributed by atoms with E-state index in [1.54, 1.807) is 6.07 Å². The molecule has 1 atom stereocenters. The summed E-state index contributed by atoms with van der Waals surface area (Å²) in [4.78, 5) is 21.5. The molecule has 0 heterocycles. The van der Waals surface area contributed by atoms with Gasteiger partial charge in [0.15, 0.2) is 5.75 Å². The SMILES string of the molecule is O=C(O)C(CCOc1ccc(Br)cc1[N+](=O)[O-])NC1CC1. The van der Waals surface area contributed by atoms with E-state index in [0.717, 1.165) is 12.8 Å². The van der Waals surface area contributed by atoms with E-state index in [2.05, 4.69) is 21.2 Å². The average molecular weight is 359 g/mol. The lowest BCUT2D eigenvalue weighted by atomic mass is 10.2. The van der Waals surface area contributed by atoms with Crippen molar-refractivity contribution >= 4 is 27.6 Å². The first-order valence-electron chi connectivity index (χ1n) is 6.53. The number of nitrogens with zero attached hydrogens (tertiary/aromatic N) is 1. The van der Waals surface area contributed by atoms with Gasteiger partial charge in [0.25, 0.3) is 0 Å². The van der Waals surface area contributed by atoms with Gasteiger partial charge in [-0.3, -0.25) is 14.9 Å². The summed E-state index contributed by atoms with van der Waals surface area (Å²) in [6, 6.07) is 4.07. The minimum atomic E-state index is -0.934. The Hall–Kier alpha value is -1.67. The Morgan fingerprint density at radius 2 is 2.29 bits per heavy atom. The first kappa shape index (κ1) is 15.7. The van der Waals surface area contributed by atoms with Crippen molar-refractivity contribution in [3.8, 4) is 5.75 Å². The zero-order chi connectivity index (χ0) is 15.4. The molecule has 1 unspecified atom stereocenters. The second-order valence-corrected chi connectivity index (χ2v) is 5.75. The largest absolute Gasteiger partial charge is 0.487 e. The summed E-state index contributed by atoms with van der Waals surface area (Å²) in [5.74, 6) is -0.797. The van der Waals surface area contributed by atoms with Gasteiger partial charge in [-0.2, -0.15) is 0 Å². The van der Waals surface area contributed by atoms with Gasteiger partial charge in [-0.25, -0.2) is 0 Å². The summed E-state index contributed by atoms with van der Waals surface area (Å²) in [5, 5.41) is 23.0. The topological polar surface area (TPSA) is 102 Å². The molecule has 0 spiro atoms. The zero-order valence-corrected chi connectivity index (χ0v) is 12.7. The highest BCUT2D eigenvalue weighted by Crippen LogP contribution is 2.30. The van der Waals surface area contributed by atoms with Crippen molar-refractivity contribution in [1.82, 2.24) is 5.32 Å². The summed E-state index contributed by atoms with van der Waals surface area (Å²) in [6.45, 7) is 0.0964. The predicted molar refractivity (Wildman–Crippen MR) is 78.5 cm³/mol. The molecule has 0 aromatic heterocycles. The van der Waals surface area contributed by atoms with E-state index >= 15 is 0 Å². The van der Waals surface area contributed by atoms with Gasteiger partial charge >= 0.3 is 11.7 Å². The number of nitro benzene ring substituents is 1. The van der Waals surface area contributed by atoms with Gasteiger partial charge in [0.1, 0.15) is 6.04 Å². The standard InChI is InChI=1S/C13H15BrN2O5/c14-8-1-4-12(11(7-8)16(19)20)21-6-5-10(13(17)18)15-9-2-3-9/h1,4,7,9-10,15H,2-3,5-6H2,(H,17,18). The van der Waals surface area contributed by atoms with Gasteiger partial charge in [0.05, 0.1) is 11.5 Å². The van der Waals surface area contributed by atoms with E-state index in [0.29, 0.717) is 4.47 Å². The molecule has 0 radical (unpaired) electrons. The maximum atomic E-state index is 11.1. The highest BCUT2D eigenvalue weighted by atomic mass is 79.9. The third-order valence-electron chi connectivity index (χ3n) is 3.09. The number of carbonyl (C=O) groups is 1. The van der Waals surface area contributed by atoms with Crippen LogP contribution in [0.3, 0.4) is 0 Å². The fourth-order valence-electron chi connectivity index (χ4n) is 1.85. The predicted octanol–water partition coefficient (Wildman–Crippen LogP) is 2.33. The van der Waals surface area contributed by atoms with Gasteiger partial charge in [0, 0.05) is 23.0 Å². The summed E-state index contributed by atoms with van der Waals surface area (Å²) in [6.07, 6.45) is 2.23. The maximum absolute atomic E-state index is 11.1. The number of benzene rings is 1. The van der Waals surface area contributed by atoms with E-state index in [1.165, 1.54) is 12.1 Å². The van der Waals surface area contributed by atoms with Crippen LogP contribution in [0.5, 0.6) is 5.75 Å². The van der Waals surface area contributed by atoms with Gasteiger partial charge in [-0.05, 0) is 25.0 Å². The number of rotatable bonds is 8. The smallest absolute Gasteiger partial charge is 0.320 e. The van der Waals surface area contributed by atoms with Crippen LogP contribution in [0.2, 0.25) is 0 Å². The lowest BCUT2D eigenvalue weighted by Gasteiger charge is -2.14. The van der Waals surface area contributed by atoms with Crippen LogP contribution in [-0.2, 0) is 4.79 Å². The van der Waals surface area contributed by atoms with Crippen LogP contribution < -0.4 is 10.1 Å². The van der Waals surface area contributed by atoms with Crippen LogP contribution in [-0.4, -0.2) is 34.7 Å². The molecular weight excluding hydrogens is 344 g/mol. The fraction of sp³-hybridized carbons (Fsp3) is 0.462. The molecule has 21 heavy (non-hydrogen) atoms. The van der Waals surface area contributed by atoms with Crippen molar-refractivity contribution in [1.29, 1.82) is 0 Å². The minimum Gasteiger partial charge on any atom is -0.487 e. The number of halogens is 1. The molecule has 1 aliphatic carbocycles. The summed E-state index contributed by atoms with van der Waals surface area (Å²) >= 11 is 3.16. The number of nitrogens with one attached hydrogen (secondary N) is 1. The lowest BCUT2D eigenvalue weighted by molar-refractivity contribution is -0.385. The van der Waals surface area contributed by atoms with Crippen molar-refractivity contribution in [2.24, 2.45) is 0 Å². The van der Waals surface area contributed by atoms with Crippen molar-refractivity contribution in [3.05, 3.63) is 32.8 Å². The van der Waals surface area contributed by atoms with Crippen molar-refractivity contribution < 1.29 is 19.6 Å². The van der Waals surface area contributed by atoms with Crippen LogP contribution >= 0.6 is 15.9 Å². The molecule has 0 amide bonds. The number of carboxylic acid groups (broad SMARTS) is 1. The molecule has 8 heteroatoms. The summed E-state index contributed by atoms with van der Waals surface area (Å²) in [5.41, 5.74) is -0.147. The third kappa shape index (κ3) is 4.68. The number of aliphatic carboxylic acids is 1. The molecule has 0 saturated heterocycles. The average Bonchev–Trinajstić information content (AvgIpc) is 3.22. The molecule has 1 aromatic carbocycles. The van der Waals surface area contributed by atoms with Crippen LogP contribution in [0, 0.1) is 10.1 Å². The van der Waals surface area contributed by atoms with Gasteiger partial charge in [-0.15, -0.1) is 0 Å². The summed E-state index contributed by atoms with van der Waals surface area (Å²) < 4.78 is 5.95. The fourth-order valence-corrected chi connectivity index (χ4v) is 2.20. The second-order valence-electron chi connectivity index (χ2n) is 4.84. The monoisotopic (exact) mass is 358 g/mol. The molecule has 2 N–H and O–H groups in total. The molecule has 7 nitrogen and oxygen atoms in total. The first-order chi connectivity index (χ1) is 9.97. The van der Waals surface area contributed by atoms with Crippen LogP contribution in [0.1, 0.15) is 19.3 Å². The van der Waals surface area contributed by atoms with Gasteiger partial charge < -0.3 is 15.2 Å². The van der Waals surface area contributed by atoms with Crippen molar-refractivity contribution in [3.63, 3.8) is 0 Å². The molecule has 1 saturated carbocycles. The highest BCUT2D eigenvalue weighted by Gasteiger charge is 2.28. The van der Waals surface area contributed by atoms with Gasteiger partial charge in [0.2, 0.25) is 0 Å². The van der Waals surface area contributed by atoms with Crippen LogP contribution in [0.4, 0.5) is 5.69 Å². The molecule has 1 fully saturated rings. The lowest BCUT2D eigenvalue weighted by Crippen LogP contribution is -2.39. The Labute approximate surface area is 129 Å². The Morgan fingerprint density at radius 3 is 2.86 bits per heavy atom. The molecular formula is C13H15BrN2O5.